The second-order valence-corrected chi connectivity index (χ2v) is 18.2. The van der Waals surface area contributed by atoms with Gasteiger partial charge < -0.3 is 48.8 Å². The van der Waals surface area contributed by atoms with Crippen LogP contribution in [0, 0.1) is 45.6 Å². The van der Waals surface area contributed by atoms with Crippen molar-refractivity contribution >= 4 is 17.6 Å². The van der Waals surface area contributed by atoms with Crippen LogP contribution in [0.25, 0.3) is 0 Å². The number of aliphatic hydroxyl groups is 4. The van der Waals surface area contributed by atoms with Gasteiger partial charge in [0.15, 0.2) is 0 Å². The van der Waals surface area contributed by atoms with Crippen molar-refractivity contribution in [1.29, 1.82) is 0 Å². The average Bonchev–Trinajstić information content (AvgIpc) is 3.86. The molecule has 318 valence electrons. The predicted molar refractivity (Wildman–Crippen MR) is 205 cm³/mol. The zero-order valence-corrected chi connectivity index (χ0v) is 33.4. The highest BCUT2D eigenvalue weighted by molar-refractivity contribution is 5.90. The number of hydrogen-bond donors (Lipinski definition) is 4. The number of esters is 2. The van der Waals surface area contributed by atoms with Crippen molar-refractivity contribution in [3.8, 4) is 0 Å². The normalized spacial score (nSPS) is 45.4. The summed E-state index contributed by atoms with van der Waals surface area (Å²) in [5.74, 6) is -7.75. The molecule has 4 saturated heterocycles. The van der Waals surface area contributed by atoms with Crippen molar-refractivity contribution in [2.45, 2.75) is 125 Å². The van der Waals surface area contributed by atoms with Crippen molar-refractivity contribution in [3.05, 3.63) is 88.0 Å². The molecule has 9 rings (SSSR count). The van der Waals surface area contributed by atoms with Crippen molar-refractivity contribution in [3.63, 3.8) is 0 Å². The zero-order chi connectivity index (χ0) is 41.9. The van der Waals surface area contributed by atoms with E-state index < -0.39 is 112 Å². The van der Waals surface area contributed by atoms with Crippen molar-refractivity contribution < 1.29 is 63.4 Å². The number of nitro benzene ring substituents is 1. The summed E-state index contributed by atoms with van der Waals surface area (Å²) < 4.78 is 40.2. The highest BCUT2D eigenvalue weighted by Gasteiger charge is 2.91. The van der Waals surface area contributed by atoms with Crippen molar-refractivity contribution in [2.24, 2.45) is 35.5 Å². The molecule has 4 aliphatic heterocycles. The number of carbonyl (C=O) groups excluding carboxylic acids is 2. The first kappa shape index (κ1) is 40.6. The summed E-state index contributed by atoms with van der Waals surface area (Å²) in [4.78, 5) is 38.7. The van der Waals surface area contributed by atoms with Gasteiger partial charge in [0.2, 0.25) is 0 Å². The van der Waals surface area contributed by atoms with Crippen LogP contribution in [-0.2, 0) is 28.4 Å². The topological polar surface area (TPSA) is 217 Å². The molecule has 59 heavy (non-hydrogen) atoms. The summed E-state index contributed by atoms with van der Waals surface area (Å²) in [5, 5.41) is 61.6. The Balaban J connectivity index is 1.26. The fourth-order valence-electron chi connectivity index (χ4n) is 12.6. The fourth-order valence-corrected chi connectivity index (χ4v) is 12.6. The quantitative estimate of drug-likeness (QED) is 0.0964. The molecule has 15 heteroatoms. The maximum atomic E-state index is 14.1. The third-order valence-electron chi connectivity index (χ3n) is 15.2. The second kappa shape index (κ2) is 14.1. The van der Waals surface area contributed by atoms with E-state index in [2.05, 4.69) is 13.5 Å². The number of benzene rings is 2. The lowest BCUT2D eigenvalue weighted by molar-refractivity contribution is -0.459. The molecule has 7 aliphatic rings. The number of hydrogen-bond acceptors (Lipinski definition) is 14. The minimum absolute atomic E-state index is 0.0105. The van der Waals surface area contributed by atoms with Crippen LogP contribution < -0.4 is 0 Å². The minimum atomic E-state index is -2.39. The fraction of sp³-hybridized carbons (Fsp3) is 0.636. The molecule has 4 unspecified atom stereocenters. The van der Waals surface area contributed by atoms with Crippen LogP contribution in [0.2, 0.25) is 0 Å². The highest BCUT2D eigenvalue weighted by atomic mass is 16.9. The van der Waals surface area contributed by atoms with Gasteiger partial charge in [0.1, 0.15) is 47.3 Å². The molecule has 2 spiro atoms. The molecule has 7 fully saturated rings. The van der Waals surface area contributed by atoms with Gasteiger partial charge in [-0.1, -0.05) is 70.7 Å². The number of epoxide rings is 1. The van der Waals surface area contributed by atoms with Crippen molar-refractivity contribution in [2.75, 3.05) is 13.2 Å². The third-order valence-corrected chi connectivity index (χ3v) is 15.2. The van der Waals surface area contributed by atoms with E-state index in [1.165, 1.54) is 24.3 Å². The molecule has 4 heterocycles. The first-order chi connectivity index (χ1) is 28.1. The number of non-ortho nitro benzene ring substituents is 1. The minimum Gasteiger partial charge on any atom is -0.462 e. The Bertz CT molecular complexity index is 2010. The molecular formula is C44H53NO14. The van der Waals surface area contributed by atoms with E-state index in [0.717, 1.165) is 19.3 Å². The molecule has 4 N–H and O–H groups in total. The number of rotatable bonds is 8. The Kier molecular flexibility index (Phi) is 9.72. The Morgan fingerprint density at radius 1 is 0.932 bits per heavy atom. The van der Waals surface area contributed by atoms with Gasteiger partial charge in [-0.25, -0.2) is 9.59 Å². The van der Waals surface area contributed by atoms with Gasteiger partial charge in [0, 0.05) is 29.9 Å². The summed E-state index contributed by atoms with van der Waals surface area (Å²) >= 11 is 0. The van der Waals surface area contributed by atoms with Gasteiger partial charge in [-0.3, -0.25) is 10.1 Å². The lowest BCUT2D eigenvalue weighted by Crippen LogP contribution is -2.75. The van der Waals surface area contributed by atoms with E-state index in [1.807, 2.05) is 6.92 Å². The average molecular weight is 820 g/mol. The monoisotopic (exact) mass is 819 g/mol. The molecule has 0 aromatic heterocycles. The predicted octanol–water partition coefficient (Wildman–Crippen LogP) is 4.24. The smallest absolute Gasteiger partial charge is 0.338 e. The van der Waals surface area contributed by atoms with Crippen LogP contribution in [-0.4, -0.2) is 109 Å². The summed E-state index contributed by atoms with van der Waals surface area (Å²) in [7, 11) is 0. The van der Waals surface area contributed by atoms with Gasteiger partial charge in [-0.15, -0.1) is 0 Å². The molecule has 2 aromatic rings. The van der Waals surface area contributed by atoms with E-state index in [-0.39, 0.29) is 36.6 Å². The SMILES string of the molecule is C=C(C)[C@]12C[C@@H](COC(=O)c3ccccc3)[C@@]34OC5(O[C@@H]1C3[C@@H]1O[C@]1(CO)[C@@H](O)[C@@]1(O)C4C([C@H](C)CCCCCC[C@H]5O)[C@H](C)[C@@H]1OC(=O)c1ccc([N+](=O)[O-])cc1)O2. The van der Waals surface area contributed by atoms with Gasteiger partial charge in [0.05, 0.1) is 34.9 Å². The van der Waals surface area contributed by atoms with Crippen LogP contribution >= 0.6 is 0 Å². The Labute approximate surface area is 341 Å². The Morgan fingerprint density at radius 3 is 2.27 bits per heavy atom. The first-order valence-corrected chi connectivity index (χ1v) is 20.9. The molecule has 3 saturated carbocycles. The molecule has 3 bridgehead atoms. The maximum absolute atomic E-state index is 14.1. The Hall–Kier alpha value is -3.80. The summed E-state index contributed by atoms with van der Waals surface area (Å²) in [6.45, 7) is 9.11. The van der Waals surface area contributed by atoms with E-state index in [4.69, 9.17) is 28.4 Å². The second-order valence-electron chi connectivity index (χ2n) is 18.2. The molecule has 3 aliphatic carbocycles. The lowest BCUT2D eigenvalue weighted by Gasteiger charge is -2.62. The molecule has 0 radical (unpaired) electrons. The highest BCUT2D eigenvalue weighted by Crippen LogP contribution is 2.75. The number of nitrogens with zero attached hydrogens (tertiary/aromatic N) is 1. The molecule has 0 amide bonds. The van der Waals surface area contributed by atoms with Gasteiger partial charge in [-0.05, 0) is 67.4 Å². The van der Waals surface area contributed by atoms with E-state index in [9.17, 15) is 40.1 Å². The largest absolute Gasteiger partial charge is 0.462 e. The van der Waals surface area contributed by atoms with Crippen LogP contribution in [0.1, 0.15) is 86.4 Å². The van der Waals surface area contributed by atoms with Crippen LogP contribution in [0.15, 0.2) is 66.7 Å². The number of ether oxygens (including phenoxy) is 6. The van der Waals surface area contributed by atoms with Crippen molar-refractivity contribution in [1.82, 2.24) is 0 Å². The van der Waals surface area contributed by atoms with Gasteiger partial charge in [-0.2, -0.15) is 0 Å². The van der Waals surface area contributed by atoms with Crippen LogP contribution in [0.4, 0.5) is 5.69 Å². The number of nitro groups is 1. The number of fused-ring (bicyclic) bond motifs is 1. The number of carbonyl (C=O) groups is 2. The molecular weight excluding hydrogens is 766 g/mol. The summed E-state index contributed by atoms with van der Waals surface area (Å²) in [6.07, 6.45) is -2.29. The van der Waals surface area contributed by atoms with E-state index >= 15 is 0 Å². The third kappa shape index (κ3) is 5.61. The summed E-state index contributed by atoms with van der Waals surface area (Å²) in [5.41, 5.74) is -6.52. The molecule has 15 nitrogen and oxygen atoms in total. The molecule has 16 atom stereocenters. The van der Waals surface area contributed by atoms with E-state index in [1.54, 1.807) is 37.3 Å². The first-order valence-electron chi connectivity index (χ1n) is 20.9. The van der Waals surface area contributed by atoms with Gasteiger partial charge in [0.25, 0.3) is 5.69 Å². The summed E-state index contributed by atoms with van der Waals surface area (Å²) in [6, 6.07) is 13.4. The zero-order valence-electron chi connectivity index (χ0n) is 33.4. The molecule has 2 aromatic carbocycles. The maximum Gasteiger partial charge on any atom is 0.338 e. The Morgan fingerprint density at radius 2 is 1.61 bits per heavy atom. The standard InChI is InChI=1S/C44H53NO14/c1-23(2)40-20-28(21-54-37(48)26-13-9-7-10-14-26)43-32-35(40)57-44(58-40,59-43)30(47)15-11-6-5-8-12-24(3)31-25(4)34(55-38(49)27-16-18-29(19-17-27)45(52)53)42(51,33(31)43)39(50)41(22-46)36(32)56-41/h7,9-10,13-14,16-19,24-25,28,30-36,39,46-47,50-51H,1,5-6,8,11-12,15,20-22H2,2-4H3/t24-,25+,28+,30-,31?,32?,33?,34+,35-,36+,39-,40-,41+,42-,43-,44?/m1/s1. The van der Waals surface area contributed by atoms with E-state index in [0.29, 0.717) is 24.0 Å². The van der Waals surface area contributed by atoms with Gasteiger partial charge >= 0.3 is 17.9 Å². The van der Waals surface area contributed by atoms with Crippen LogP contribution in [0.3, 0.4) is 0 Å². The number of aliphatic hydroxyl groups excluding tert-OH is 3. The van der Waals surface area contributed by atoms with Crippen LogP contribution in [0.5, 0.6) is 0 Å². The lowest BCUT2D eigenvalue weighted by atomic mass is 9.51.